The Balaban J connectivity index is 2.46. The number of phosphoric ester groups is 1. The van der Waals surface area contributed by atoms with Crippen molar-refractivity contribution in [2.24, 2.45) is 0 Å². The Morgan fingerprint density at radius 2 is 0.846 bits per heavy atom. The minimum atomic E-state index is -5.14. The topological polar surface area (TPSA) is 210 Å². The number of hydrogen-bond donors (Lipinski definition) is 6. The number of unbranched alkanes of at least 4 members (excludes halogenated alkanes) is 19. The first kappa shape index (κ1) is 60.6. The molecule has 0 radical (unpaired) electrons. The Kier molecular flexibility index (Phi) is 37.8. The highest BCUT2D eigenvalue weighted by Gasteiger charge is 2.51. The van der Waals surface area contributed by atoms with Crippen molar-refractivity contribution in [1.29, 1.82) is 0 Å². The highest BCUT2D eigenvalue weighted by molar-refractivity contribution is 7.47. The maximum atomic E-state index is 12.8. The molecule has 376 valence electrons. The van der Waals surface area contributed by atoms with E-state index < -0.39 is 75.7 Å². The van der Waals surface area contributed by atoms with Gasteiger partial charge >= 0.3 is 19.8 Å². The van der Waals surface area contributed by atoms with Crippen molar-refractivity contribution in [3.05, 3.63) is 60.8 Å². The molecule has 0 aromatic heterocycles. The predicted molar refractivity (Wildman–Crippen MR) is 258 cm³/mol. The van der Waals surface area contributed by atoms with Crippen LogP contribution in [-0.2, 0) is 32.7 Å². The molecule has 6 unspecified atom stereocenters. The van der Waals surface area contributed by atoms with E-state index in [-0.39, 0.29) is 12.8 Å². The molecule has 0 saturated heterocycles. The highest BCUT2D eigenvalue weighted by Crippen LogP contribution is 2.47. The number of rotatable bonds is 41. The van der Waals surface area contributed by atoms with Gasteiger partial charge in [-0.2, -0.15) is 0 Å². The van der Waals surface area contributed by atoms with Crippen LogP contribution in [0.5, 0.6) is 0 Å². The Hall–Kier alpha value is -2.45. The Morgan fingerprint density at radius 3 is 1.32 bits per heavy atom. The minimum Gasteiger partial charge on any atom is -0.462 e. The molecule has 1 saturated carbocycles. The summed E-state index contributed by atoms with van der Waals surface area (Å²) in [5.74, 6) is -1.18. The summed E-state index contributed by atoms with van der Waals surface area (Å²) in [4.78, 5) is 35.7. The molecular weight excluding hydrogens is 852 g/mol. The molecule has 1 aliphatic rings. The molecule has 0 aliphatic heterocycles. The molecule has 0 bridgehead atoms. The van der Waals surface area contributed by atoms with Crippen LogP contribution in [0.2, 0.25) is 0 Å². The Bertz CT molecular complexity index is 1370. The SMILES string of the molecule is CCCCCCCC/C=C/CCCCCCCC(=O)O[C@@H](COC(=O)CCC/C=C/C/C=C/C/C=C/C/C=C/CCCCCCCCC)COP(=O)(O)OC1C(O)C(O)C(O)[C@H](O)C1O. The molecule has 1 aliphatic carbocycles. The standard InChI is InChI=1S/C51H89O13P/c1-3-5-7-9-11-13-15-17-19-20-21-22-23-24-26-27-29-31-33-35-37-39-44(52)61-41-43(42-62-65(59,60)64-51-49(57)47(55)46(54)48(56)50(51)58)63-45(53)40-38-36-34-32-30-28-25-18-16-14-12-10-8-6-4-2/h18-20,22-23,25-27,31,33,43,46-51,54-58H,3-17,21,24,28-30,32,34-42H2,1-2H3,(H,59,60)/b20-19+,23-22+,25-18+,27-26+,33-31+/t43-,46?,47-,48?,49?,50?,51?/m0/s1. The van der Waals surface area contributed by atoms with Gasteiger partial charge in [0.25, 0.3) is 0 Å². The molecule has 6 N–H and O–H groups in total. The molecule has 1 fully saturated rings. The van der Waals surface area contributed by atoms with Crippen molar-refractivity contribution in [2.45, 2.75) is 236 Å². The molecule has 0 spiro atoms. The van der Waals surface area contributed by atoms with Gasteiger partial charge in [0, 0.05) is 12.8 Å². The number of aliphatic hydroxyl groups excluding tert-OH is 5. The van der Waals surface area contributed by atoms with E-state index in [1.54, 1.807) is 0 Å². The van der Waals surface area contributed by atoms with Crippen LogP contribution in [0.3, 0.4) is 0 Å². The van der Waals surface area contributed by atoms with Gasteiger partial charge in [-0.05, 0) is 77.0 Å². The minimum absolute atomic E-state index is 0.0731. The Labute approximate surface area is 392 Å². The summed E-state index contributed by atoms with van der Waals surface area (Å²) in [6.07, 6.45) is 37.1. The summed E-state index contributed by atoms with van der Waals surface area (Å²) in [7, 11) is -5.14. The first-order valence-electron chi connectivity index (χ1n) is 25.1. The number of carbonyl (C=O) groups is 2. The summed E-state index contributed by atoms with van der Waals surface area (Å²) in [5.41, 5.74) is 0. The first-order chi connectivity index (χ1) is 31.4. The maximum Gasteiger partial charge on any atom is 0.472 e. The summed E-state index contributed by atoms with van der Waals surface area (Å²) in [6, 6.07) is 0. The second-order valence-corrected chi connectivity index (χ2v) is 18.7. The molecule has 0 heterocycles. The quantitative estimate of drug-likeness (QED) is 0.0146. The summed E-state index contributed by atoms with van der Waals surface area (Å²) >= 11 is 0. The fourth-order valence-electron chi connectivity index (χ4n) is 7.27. The van der Waals surface area contributed by atoms with Crippen molar-refractivity contribution in [1.82, 2.24) is 0 Å². The van der Waals surface area contributed by atoms with E-state index in [1.165, 1.54) is 83.5 Å². The van der Waals surface area contributed by atoms with Gasteiger partial charge in [-0.3, -0.25) is 18.6 Å². The number of ether oxygens (including phenoxy) is 2. The second-order valence-electron chi connectivity index (χ2n) is 17.3. The predicted octanol–water partition coefficient (Wildman–Crippen LogP) is 10.5. The van der Waals surface area contributed by atoms with Crippen LogP contribution < -0.4 is 0 Å². The number of hydrogen-bond acceptors (Lipinski definition) is 12. The smallest absolute Gasteiger partial charge is 0.462 e. The number of esters is 2. The Morgan fingerprint density at radius 1 is 0.477 bits per heavy atom. The molecule has 13 nitrogen and oxygen atoms in total. The van der Waals surface area contributed by atoms with E-state index in [0.717, 1.165) is 64.2 Å². The lowest BCUT2D eigenvalue weighted by Crippen LogP contribution is -2.64. The molecule has 0 aromatic rings. The van der Waals surface area contributed by atoms with Crippen molar-refractivity contribution in [2.75, 3.05) is 13.2 Å². The third kappa shape index (κ3) is 32.8. The van der Waals surface area contributed by atoms with Gasteiger partial charge in [-0.25, -0.2) is 4.57 Å². The summed E-state index contributed by atoms with van der Waals surface area (Å²) in [6.45, 7) is 3.24. The molecule has 0 amide bonds. The summed E-state index contributed by atoms with van der Waals surface area (Å²) < 4.78 is 33.5. The lowest BCUT2D eigenvalue weighted by molar-refractivity contribution is -0.220. The molecular formula is C51H89O13P. The van der Waals surface area contributed by atoms with Crippen LogP contribution >= 0.6 is 7.82 Å². The van der Waals surface area contributed by atoms with Crippen molar-refractivity contribution in [3.63, 3.8) is 0 Å². The van der Waals surface area contributed by atoms with Crippen LogP contribution in [0, 0.1) is 0 Å². The summed E-state index contributed by atoms with van der Waals surface area (Å²) in [5, 5.41) is 50.2. The average Bonchev–Trinajstić information content (AvgIpc) is 3.29. The van der Waals surface area contributed by atoms with Crippen LogP contribution in [0.25, 0.3) is 0 Å². The van der Waals surface area contributed by atoms with E-state index in [1.807, 2.05) is 12.2 Å². The largest absolute Gasteiger partial charge is 0.472 e. The zero-order valence-electron chi connectivity index (χ0n) is 40.0. The van der Waals surface area contributed by atoms with Gasteiger partial charge in [0.05, 0.1) is 6.61 Å². The third-order valence-corrected chi connectivity index (χ3v) is 12.3. The molecule has 8 atom stereocenters. The number of phosphoric acid groups is 1. The van der Waals surface area contributed by atoms with Crippen LogP contribution in [-0.4, -0.2) is 98.3 Å². The molecule has 0 aromatic carbocycles. The molecule has 14 heteroatoms. The van der Waals surface area contributed by atoms with Crippen LogP contribution in [0.15, 0.2) is 60.8 Å². The normalized spacial score (nSPS) is 21.9. The van der Waals surface area contributed by atoms with Gasteiger partial charge in [0.2, 0.25) is 0 Å². The van der Waals surface area contributed by atoms with Gasteiger partial charge in [0.15, 0.2) is 6.10 Å². The van der Waals surface area contributed by atoms with E-state index in [0.29, 0.717) is 19.3 Å². The number of carbonyl (C=O) groups excluding carboxylic acids is 2. The van der Waals surface area contributed by atoms with Crippen LogP contribution in [0.1, 0.15) is 194 Å². The lowest BCUT2D eigenvalue weighted by Gasteiger charge is -2.41. The zero-order chi connectivity index (χ0) is 47.8. The fraction of sp³-hybridized carbons (Fsp3) is 0.765. The number of aliphatic hydroxyl groups is 5. The van der Waals surface area contributed by atoms with Gasteiger partial charge in [-0.15, -0.1) is 0 Å². The van der Waals surface area contributed by atoms with Gasteiger partial charge in [0.1, 0.15) is 43.2 Å². The zero-order valence-corrected chi connectivity index (χ0v) is 40.9. The highest BCUT2D eigenvalue weighted by atomic mass is 31.2. The maximum absolute atomic E-state index is 12.8. The molecule has 65 heavy (non-hydrogen) atoms. The monoisotopic (exact) mass is 941 g/mol. The van der Waals surface area contributed by atoms with E-state index in [9.17, 15) is 44.6 Å². The molecule has 1 rings (SSSR count). The number of allylic oxidation sites excluding steroid dienone is 10. The van der Waals surface area contributed by atoms with E-state index in [4.69, 9.17) is 18.5 Å². The second kappa shape index (κ2) is 40.6. The van der Waals surface area contributed by atoms with Crippen molar-refractivity contribution in [3.8, 4) is 0 Å². The van der Waals surface area contributed by atoms with Crippen LogP contribution in [0.4, 0.5) is 0 Å². The lowest BCUT2D eigenvalue weighted by atomic mass is 9.85. The van der Waals surface area contributed by atoms with E-state index in [2.05, 4.69) is 62.5 Å². The first-order valence-corrected chi connectivity index (χ1v) is 26.6. The van der Waals surface area contributed by atoms with Gasteiger partial charge in [-0.1, -0.05) is 164 Å². The van der Waals surface area contributed by atoms with Crippen molar-refractivity contribution >= 4 is 19.8 Å². The third-order valence-electron chi connectivity index (χ3n) is 11.3. The van der Waals surface area contributed by atoms with Crippen molar-refractivity contribution < 1.29 is 63.1 Å². The fourth-order valence-corrected chi connectivity index (χ4v) is 8.25. The van der Waals surface area contributed by atoms with Gasteiger partial charge < -0.3 is 39.9 Å². The van der Waals surface area contributed by atoms with E-state index >= 15 is 0 Å². The average molecular weight is 941 g/mol.